The van der Waals surface area contributed by atoms with Gasteiger partial charge in [-0.2, -0.15) is 5.10 Å². The molecular formula is C10H14N2O2. The molecule has 0 aliphatic rings. The van der Waals surface area contributed by atoms with Gasteiger partial charge in [-0.15, -0.1) is 0 Å². The largest absolute Gasteiger partial charge is 0.478 e. The average molecular weight is 194 g/mol. The standard InChI is InChI=1S/C10H14N2O2/c1-6(9(13)14)7-5-11-12-8(7)10(2,3)4/h5H,1H2,2-4H3,(H,11,12)(H,13,14). The third-order valence-corrected chi connectivity index (χ3v) is 1.97. The van der Waals surface area contributed by atoms with Gasteiger partial charge < -0.3 is 5.11 Å². The zero-order chi connectivity index (χ0) is 10.9. The van der Waals surface area contributed by atoms with E-state index in [0.29, 0.717) is 5.56 Å². The van der Waals surface area contributed by atoms with Crippen LogP contribution in [0.3, 0.4) is 0 Å². The van der Waals surface area contributed by atoms with E-state index >= 15 is 0 Å². The van der Waals surface area contributed by atoms with Gasteiger partial charge in [0.25, 0.3) is 0 Å². The lowest BCUT2D eigenvalue weighted by atomic mass is 9.88. The van der Waals surface area contributed by atoms with E-state index in [9.17, 15) is 4.79 Å². The second-order valence-electron chi connectivity index (χ2n) is 4.19. The fraction of sp³-hybridized carbons (Fsp3) is 0.400. The molecule has 0 saturated carbocycles. The molecule has 4 nitrogen and oxygen atoms in total. The summed E-state index contributed by atoms with van der Waals surface area (Å²) in [6.07, 6.45) is 1.50. The maximum Gasteiger partial charge on any atom is 0.335 e. The minimum absolute atomic E-state index is 0.0728. The molecule has 0 bridgehead atoms. The second-order valence-corrected chi connectivity index (χ2v) is 4.19. The van der Waals surface area contributed by atoms with Crippen molar-refractivity contribution in [3.63, 3.8) is 0 Å². The van der Waals surface area contributed by atoms with E-state index in [0.717, 1.165) is 5.69 Å². The van der Waals surface area contributed by atoms with Crippen LogP contribution in [0.15, 0.2) is 12.8 Å². The van der Waals surface area contributed by atoms with Crippen LogP contribution in [0.1, 0.15) is 32.0 Å². The van der Waals surface area contributed by atoms with Crippen LogP contribution in [-0.4, -0.2) is 21.3 Å². The first-order chi connectivity index (χ1) is 6.34. The van der Waals surface area contributed by atoms with Gasteiger partial charge in [-0.05, 0) is 0 Å². The number of carboxylic acids is 1. The van der Waals surface area contributed by atoms with Crippen molar-refractivity contribution in [2.24, 2.45) is 0 Å². The molecule has 0 atom stereocenters. The molecule has 0 aliphatic carbocycles. The number of nitrogens with one attached hydrogen (secondary N) is 1. The summed E-state index contributed by atoms with van der Waals surface area (Å²) in [5.41, 5.74) is 1.28. The Kier molecular flexibility index (Phi) is 2.47. The quantitative estimate of drug-likeness (QED) is 0.705. The number of nitrogens with zero attached hydrogens (tertiary/aromatic N) is 1. The Labute approximate surface area is 82.6 Å². The Morgan fingerprint density at radius 2 is 2.14 bits per heavy atom. The van der Waals surface area contributed by atoms with Crippen molar-refractivity contribution in [1.82, 2.24) is 10.2 Å². The zero-order valence-electron chi connectivity index (χ0n) is 8.59. The molecule has 1 rings (SSSR count). The van der Waals surface area contributed by atoms with Crippen LogP contribution in [0.4, 0.5) is 0 Å². The lowest BCUT2D eigenvalue weighted by Gasteiger charge is -2.18. The van der Waals surface area contributed by atoms with Crippen LogP contribution >= 0.6 is 0 Å². The maximum absolute atomic E-state index is 10.7. The Bertz CT molecular complexity index is 372. The van der Waals surface area contributed by atoms with Gasteiger partial charge in [0, 0.05) is 16.7 Å². The predicted molar refractivity (Wildman–Crippen MR) is 54.0 cm³/mol. The minimum atomic E-state index is -1.02. The van der Waals surface area contributed by atoms with Gasteiger partial charge >= 0.3 is 5.97 Å². The molecule has 1 aromatic rings. The van der Waals surface area contributed by atoms with Crippen molar-refractivity contribution in [3.8, 4) is 0 Å². The molecule has 0 fully saturated rings. The second kappa shape index (κ2) is 3.29. The summed E-state index contributed by atoms with van der Waals surface area (Å²) in [6.45, 7) is 9.47. The summed E-state index contributed by atoms with van der Waals surface area (Å²) in [7, 11) is 0. The number of aliphatic carboxylic acids is 1. The highest BCUT2D eigenvalue weighted by atomic mass is 16.4. The van der Waals surface area contributed by atoms with Gasteiger partial charge in [0.1, 0.15) is 0 Å². The Morgan fingerprint density at radius 3 is 2.57 bits per heavy atom. The van der Waals surface area contributed by atoms with Gasteiger partial charge in [0.05, 0.1) is 11.8 Å². The fourth-order valence-electron chi connectivity index (χ4n) is 1.20. The number of H-pyrrole nitrogens is 1. The molecule has 0 saturated heterocycles. The van der Waals surface area contributed by atoms with E-state index in [1.165, 1.54) is 6.20 Å². The molecule has 0 radical (unpaired) electrons. The summed E-state index contributed by atoms with van der Waals surface area (Å²) in [5, 5.41) is 15.5. The van der Waals surface area contributed by atoms with Crippen molar-refractivity contribution >= 4 is 11.5 Å². The van der Waals surface area contributed by atoms with Gasteiger partial charge in [-0.25, -0.2) is 4.79 Å². The fourth-order valence-corrected chi connectivity index (χ4v) is 1.20. The molecule has 1 aromatic heterocycles. The molecule has 0 spiro atoms. The molecule has 0 unspecified atom stereocenters. The lowest BCUT2D eigenvalue weighted by molar-refractivity contribution is -0.130. The smallest absolute Gasteiger partial charge is 0.335 e. The Hall–Kier alpha value is -1.58. The Balaban J connectivity index is 3.18. The van der Waals surface area contributed by atoms with E-state index in [4.69, 9.17) is 5.11 Å². The van der Waals surface area contributed by atoms with Gasteiger partial charge in [0.15, 0.2) is 0 Å². The minimum Gasteiger partial charge on any atom is -0.478 e. The van der Waals surface area contributed by atoms with E-state index in [1.807, 2.05) is 20.8 Å². The predicted octanol–water partition coefficient (Wildman–Crippen LogP) is 1.80. The number of carboxylic acid groups (broad SMARTS) is 1. The number of aromatic amines is 1. The summed E-state index contributed by atoms with van der Waals surface area (Å²) in [5.74, 6) is -1.02. The maximum atomic E-state index is 10.7. The average Bonchev–Trinajstić information content (AvgIpc) is 2.48. The molecule has 14 heavy (non-hydrogen) atoms. The van der Waals surface area contributed by atoms with Crippen molar-refractivity contribution in [3.05, 3.63) is 24.0 Å². The summed E-state index contributed by atoms with van der Waals surface area (Å²) >= 11 is 0. The van der Waals surface area contributed by atoms with E-state index in [1.54, 1.807) is 0 Å². The first kappa shape index (κ1) is 10.5. The van der Waals surface area contributed by atoms with Crippen molar-refractivity contribution in [2.45, 2.75) is 26.2 Å². The highest BCUT2D eigenvalue weighted by molar-refractivity contribution is 6.14. The first-order valence-electron chi connectivity index (χ1n) is 4.30. The van der Waals surface area contributed by atoms with Crippen molar-refractivity contribution in [2.75, 3.05) is 0 Å². The van der Waals surface area contributed by atoms with Crippen molar-refractivity contribution in [1.29, 1.82) is 0 Å². The summed E-state index contributed by atoms with van der Waals surface area (Å²) in [6, 6.07) is 0. The molecular weight excluding hydrogens is 180 g/mol. The monoisotopic (exact) mass is 194 g/mol. The summed E-state index contributed by atoms with van der Waals surface area (Å²) < 4.78 is 0. The molecule has 4 heteroatoms. The Morgan fingerprint density at radius 1 is 1.57 bits per heavy atom. The van der Waals surface area contributed by atoms with Crippen LogP contribution in [-0.2, 0) is 10.2 Å². The topological polar surface area (TPSA) is 66.0 Å². The molecule has 76 valence electrons. The number of rotatable bonds is 2. The molecule has 0 amide bonds. The van der Waals surface area contributed by atoms with Crippen LogP contribution in [0.25, 0.3) is 5.57 Å². The van der Waals surface area contributed by atoms with Crippen LogP contribution in [0.5, 0.6) is 0 Å². The third-order valence-electron chi connectivity index (χ3n) is 1.97. The number of carbonyl (C=O) groups is 1. The van der Waals surface area contributed by atoms with Crippen LogP contribution < -0.4 is 0 Å². The summed E-state index contributed by atoms with van der Waals surface area (Å²) in [4.78, 5) is 10.7. The van der Waals surface area contributed by atoms with Crippen molar-refractivity contribution < 1.29 is 9.90 Å². The molecule has 0 aliphatic heterocycles. The third kappa shape index (κ3) is 1.84. The van der Waals surface area contributed by atoms with Gasteiger partial charge in [-0.1, -0.05) is 27.4 Å². The molecule has 0 aromatic carbocycles. The van der Waals surface area contributed by atoms with Gasteiger partial charge in [-0.3, -0.25) is 5.10 Å². The zero-order valence-corrected chi connectivity index (χ0v) is 8.59. The molecule has 2 N–H and O–H groups in total. The normalized spacial score (nSPS) is 11.4. The number of hydrogen-bond acceptors (Lipinski definition) is 2. The molecule has 1 heterocycles. The van der Waals surface area contributed by atoms with Crippen LogP contribution in [0, 0.1) is 0 Å². The van der Waals surface area contributed by atoms with Gasteiger partial charge in [0.2, 0.25) is 0 Å². The van der Waals surface area contributed by atoms with E-state index in [-0.39, 0.29) is 11.0 Å². The lowest BCUT2D eigenvalue weighted by Crippen LogP contribution is -2.15. The number of hydrogen-bond donors (Lipinski definition) is 2. The van der Waals surface area contributed by atoms with Crippen LogP contribution in [0.2, 0.25) is 0 Å². The van der Waals surface area contributed by atoms with E-state index in [2.05, 4.69) is 16.8 Å². The highest BCUT2D eigenvalue weighted by Gasteiger charge is 2.23. The highest BCUT2D eigenvalue weighted by Crippen LogP contribution is 2.27. The van der Waals surface area contributed by atoms with E-state index < -0.39 is 5.97 Å². The first-order valence-corrected chi connectivity index (χ1v) is 4.30. The number of aromatic nitrogens is 2. The SMILES string of the molecule is C=C(C(=O)O)c1cn[nH]c1C(C)(C)C.